The molecule has 1 aliphatic rings. The maximum Gasteiger partial charge on any atom is 0.270 e. The van der Waals surface area contributed by atoms with Crippen LogP contribution in [-0.4, -0.2) is 48.0 Å². The van der Waals surface area contributed by atoms with Crippen LogP contribution in [0.2, 0.25) is 5.02 Å². The molecule has 47 heavy (non-hydrogen) atoms. The number of rotatable bonds is 11. The van der Waals surface area contributed by atoms with Crippen molar-refractivity contribution in [2.75, 3.05) is 11.9 Å². The van der Waals surface area contributed by atoms with E-state index in [2.05, 4.69) is 15.5 Å². The number of nitro groups is 1. The summed E-state index contributed by atoms with van der Waals surface area (Å²) in [6, 6.07) is 19.2. The van der Waals surface area contributed by atoms with Crippen LogP contribution in [0.1, 0.15) is 16.9 Å². The van der Waals surface area contributed by atoms with Crippen molar-refractivity contribution in [2.45, 2.75) is 11.4 Å². The average molecular weight is 695 g/mol. The number of hydrogen-bond donors (Lipinski definition) is 2. The first-order valence-corrected chi connectivity index (χ1v) is 16.1. The van der Waals surface area contributed by atoms with Crippen molar-refractivity contribution in [1.82, 2.24) is 4.90 Å². The summed E-state index contributed by atoms with van der Waals surface area (Å²) in [7, 11) is -3.88. The Morgan fingerprint density at radius 2 is 1.91 bits per heavy atom. The van der Waals surface area contributed by atoms with Crippen LogP contribution in [0.25, 0.3) is 6.08 Å². The average Bonchev–Trinajstić information content (AvgIpc) is 3.65. The van der Waals surface area contributed by atoms with E-state index in [0.29, 0.717) is 27.6 Å². The van der Waals surface area contributed by atoms with Gasteiger partial charge in [0.05, 0.1) is 33.7 Å². The number of thioether (sulfide) groups is 1. The lowest BCUT2D eigenvalue weighted by molar-refractivity contribution is -0.384. The van der Waals surface area contributed by atoms with Crippen LogP contribution in [0.3, 0.4) is 0 Å². The van der Waals surface area contributed by atoms with Gasteiger partial charge in [0.2, 0.25) is 10.0 Å². The fourth-order valence-electron chi connectivity index (χ4n) is 4.12. The number of nitrogens with zero attached hydrogens (tertiary/aromatic N) is 4. The van der Waals surface area contributed by atoms with E-state index >= 15 is 0 Å². The third kappa shape index (κ3) is 8.71. The number of amides is 2. The number of furan rings is 1. The number of amidine groups is 1. The molecule has 0 radical (unpaired) electrons. The van der Waals surface area contributed by atoms with Crippen LogP contribution in [0.4, 0.5) is 11.4 Å². The molecule has 3 N–H and O–H groups in total. The monoisotopic (exact) mass is 694 g/mol. The topological polar surface area (TPSA) is 200 Å². The van der Waals surface area contributed by atoms with Crippen LogP contribution in [0, 0.1) is 10.1 Å². The zero-order valence-electron chi connectivity index (χ0n) is 24.0. The molecule has 1 aromatic heterocycles. The molecule has 0 saturated carbocycles. The lowest BCUT2D eigenvalue weighted by Gasteiger charge is -2.13. The summed E-state index contributed by atoms with van der Waals surface area (Å²) in [5, 5.41) is 27.6. The van der Waals surface area contributed by atoms with Crippen LogP contribution >= 0.6 is 23.4 Å². The first kappa shape index (κ1) is 33.1. The fourth-order valence-corrected chi connectivity index (χ4v) is 5.74. The zero-order chi connectivity index (χ0) is 33.6. The smallest absolute Gasteiger partial charge is 0.270 e. The van der Waals surface area contributed by atoms with E-state index in [-0.39, 0.29) is 32.9 Å². The number of carbonyl (C=O) groups is 2. The van der Waals surface area contributed by atoms with E-state index in [9.17, 15) is 28.1 Å². The molecule has 0 spiro atoms. The van der Waals surface area contributed by atoms with E-state index in [4.69, 9.17) is 25.9 Å². The zero-order valence-corrected chi connectivity index (χ0v) is 26.4. The summed E-state index contributed by atoms with van der Waals surface area (Å²) >= 11 is 7.27. The van der Waals surface area contributed by atoms with Gasteiger partial charge in [0.25, 0.3) is 17.5 Å². The van der Waals surface area contributed by atoms with Gasteiger partial charge in [0, 0.05) is 34.0 Å². The number of nitro benzene ring substituents is 1. The van der Waals surface area contributed by atoms with E-state index in [1.807, 2.05) is 0 Å². The number of non-ortho nitro benzene ring substituents is 1. The Morgan fingerprint density at radius 1 is 1.13 bits per heavy atom. The van der Waals surface area contributed by atoms with E-state index < -0.39 is 33.4 Å². The van der Waals surface area contributed by atoms with Crippen molar-refractivity contribution >= 4 is 74.0 Å². The summed E-state index contributed by atoms with van der Waals surface area (Å²) < 4.78 is 34.1. The van der Waals surface area contributed by atoms with Crippen molar-refractivity contribution in [1.29, 1.82) is 0 Å². The molecule has 2 amide bonds. The molecule has 1 saturated heterocycles. The van der Waals surface area contributed by atoms with Crippen molar-refractivity contribution < 1.29 is 32.1 Å². The molecule has 1 aliphatic heterocycles. The summed E-state index contributed by atoms with van der Waals surface area (Å²) in [6.45, 7) is -0.363. The molecule has 0 unspecified atom stereocenters. The predicted octanol–water partition coefficient (Wildman–Crippen LogP) is 5.01. The lowest BCUT2D eigenvalue weighted by Crippen LogP contribution is -2.28. The number of nitrogens with one attached hydrogen (secondary N) is 1. The number of hydrogen-bond acceptors (Lipinski definition) is 11. The SMILES string of the molecule is NS(=O)(=O)c1ccc(NC(=O)COc2ccc(Cl)cc2/C=C2\S/C(=N/N=C\c3cccc([N+](=O)[O-])c3)N(Cc3ccco3)C2=O)cc1. The van der Waals surface area contributed by atoms with Crippen LogP contribution < -0.4 is 15.2 Å². The Labute approximate surface area is 276 Å². The Balaban J connectivity index is 1.35. The van der Waals surface area contributed by atoms with Gasteiger partial charge >= 0.3 is 0 Å². The highest BCUT2D eigenvalue weighted by atomic mass is 35.5. The molecule has 1 fully saturated rings. The van der Waals surface area contributed by atoms with Crippen molar-refractivity contribution in [2.24, 2.45) is 15.3 Å². The van der Waals surface area contributed by atoms with Crippen molar-refractivity contribution in [3.8, 4) is 5.75 Å². The Morgan fingerprint density at radius 3 is 2.62 bits per heavy atom. The summed E-state index contributed by atoms with van der Waals surface area (Å²) in [4.78, 5) is 38.2. The van der Waals surface area contributed by atoms with Crippen LogP contribution in [-0.2, 0) is 26.2 Å². The molecule has 17 heteroatoms. The van der Waals surface area contributed by atoms with E-state index in [0.717, 1.165) is 11.8 Å². The second-order valence-electron chi connectivity index (χ2n) is 9.65. The minimum Gasteiger partial charge on any atom is -0.483 e. The number of nitrogens with two attached hydrogens (primary N) is 1. The third-order valence-electron chi connectivity index (χ3n) is 6.30. The molecule has 0 aliphatic carbocycles. The Kier molecular flexibility index (Phi) is 10.2. The minimum atomic E-state index is -3.88. The van der Waals surface area contributed by atoms with Gasteiger partial charge in [-0.1, -0.05) is 23.7 Å². The predicted molar refractivity (Wildman–Crippen MR) is 176 cm³/mol. The molecule has 0 bridgehead atoms. The van der Waals surface area contributed by atoms with Gasteiger partial charge in [0.1, 0.15) is 11.5 Å². The molecule has 0 atom stereocenters. The minimum absolute atomic E-state index is 0.0542. The number of anilines is 1. The highest BCUT2D eigenvalue weighted by Crippen LogP contribution is 2.36. The molecule has 240 valence electrons. The molecular weight excluding hydrogens is 672 g/mol. The summed E-state index contributed by atoms with van der Waals surface area (Å²) in [6.07, 6.45) is 4.35. The van der Waals surface area contributed by atoms with Crippen molar-refractivity contribution in [3.63, 3.8) is 0 Å². The maximum absolute atomic E-state index is 13.6. The van der Waals surface area contributed by atoms with E-state index in [1.165, 1.54) is 59.8 Å². The normalized spacial score (nSPS) is 15.1. The van der Waals surface area contributed by atoms with Gasteiger partial charge in [-0.05, 0) is 72.4 Å². The number of sulfonamides is 1. The van der Waals surface area contributed by atoms with E-state index in [1.54, 1.807) is 42.5 Å². The molecule has 14 nitrogen and oxygen atoms in total. The maximum atomic E-state index is 13.6. The van der Waals surface area contributed by atoms with Gasteiger partial charge in [-0.3, -0.25) is 24.6 Å². The summed E-state index contributed by atoms with van der Waals surface area (Å²) in [5.41, 5.74) is 1.07. The molecular formula is C30H23ClN6O8S2. The number of benzene rings is 3. The second kappa shape index (κ2) is 14.4. The van der Waals surface area contributed by atoms with Gasteiger partial charge in [-0.2, -0.15) is 5.10 Å². The number of primary sulfonamides is 1. The largest absolute Gasteiger partial charge is 0.483 e. The molecule has 3 aromatic carbocycles. The van der Waals surface area contributed by atoms with Gasteiger partial charge in [-0.15, -0.1) is 5.10 Å². The van der Waals surface area contributed by atoms with Crippen LogP contribution in [0.15, 0.2) is 110 Å². The Hall–Kier alpha value is -5.29. The third-order valence-corrected chi connectivity index (χ3v) is 8.46. The molecule has 4 aromatic rings. The van der Waals surface area contributed by atoms with Gasteiger partial charge < -0.3 is 14.5 Å². The van der Waals surface area contributed by atoms with Crippen molar-refractivity contribution in [3.05, 3.63) is 122 Å². The fraction of sp³-hybridized carbons (Fsp3) is 0.0667. The lowest BCUT2D eigenvalue weighted by atomic mass is 10.2. The molecule has 2 heterocycles. The highest BCUT2D eigenvalue weighted by Gasteiger charge is 2.34. The first-order chi connectivity index (χ1) is 22.5. The number of carbonyl (C=O) groups excluding carboxylic acids is 2. The Bertz CT molecular complexity index is 2030. The highest BCUT2D eigenvalue weighted by molar-refractivity contribution is 8.18. The summed E-state index contributed by atoms with van der Waals surface area (Å²) in [5.74, 6) is -0.203. The standard InChI is InChI=1S/C30H23ClN6O8S2/c31-21-6-11-26(45-18-28(38)34-22-7-9-25(10-8-22)47(32,42)43)20(14-21)15-27-29(39)36(17-24-5-2-12-44-24)30(46-27)35-33-16-19-3-1-4-23(13-19)37(40)41/h1-16H,17-18H2,(H,34,38)(H2,32,42,43)/b27-15-,33-16-,35-30+. The first-order valence-electron chi connectivity index (χ1n) is 13.4. The van der Waals surface area contributed by atoms with Gasteiger partial charge in [0.15, 0.2) is 11.8 Å². The number of halogens is 1. The number of ether oxygens (including phenoxy) is 1. The second-order valence-corrected chi connectivity index (χ2v) is 12.7. The quantitative estimate of drug-likeness (QED) is 0.0937. The van der Waals surface area contributed by atoms with Crippen LogP contribution in [0.5, 0.6) is 5.75 Å². The van der Waals surface area contributed by atoms with Gasteiger partial charge in [-0.25, -0.2) is 13.6 Å². The molecule has 5 rings (SSSR count).